The van der Waals surface area contributed by atoms with E-state index < -0.39 is 0 Å². The number of carbonyl (C=O) groups is 1. The molecule has 1 rings (SSSR count). The van der Waals surface area contributed by atoms with Crippen molar-refractivity contribution in [1.82, 2.24) is 4.90 Å². The lowest BCUT2D eigenvalue weighted by atomic mass is 10.1. The van der Waals surface area contributed by atoms with Gasteiger partial charge in [0.25, 0.3) is 0 Å². The van der Waals surface area contributed by atoms with Crippen LogP contribution in [-0.2, 0) is 0 Å². The molecule has 0 aromatic heterocycles. The molecule has 0 saturated heterocycles. The number of Topliss-reactive ketones (excluding diaryl/α,β-unsaturated/α-hetero) is 1. The lowest BCUT2D eigenvalue weighted by Crippen LogP contribution is -2.25. The van der Waals surface area contributed by atoms with Crippen LogP contribution in [0.4, 0.5) is 0 Å². The molecule has 106 valence electrons. The van der Waals surface area contributed by atoms with Crippen molar-refractivity contribution in [2.75, 3.05) is 26.2 Å². The van der Waals surface area contributed by atoms with Gasteiger partial charge in [-0.1, -0.05) is 20.8 Å². The molecule has 3 nitrogen and oxygen atoms in total. The molecule has 0 unspecified atom stereocenters. The number of carbonyl (C=O) groups excluding carboxylic acids is 1. The van der Waals surface area contributed by atoms with Gasteiger partial charge in [-0.15, -0.1) is 0 Å². The molecule has 3 heteroatoms. The Morgan fingerprint density at radius 3 is 2.26 bits per heavy atom. The zero-order chi connectivity index (χ0) is 14.1. The number of hydrogen-bond acceptors (Lipinski definition) is 3. The summed E-state index contributed by atoms with van der Waals surface area (Å²) in [6.07, 6.45) is 1.57. The smallest absolute Gasteiger partial charge is 0.164 e. The summed E-state index contributed by atoms with van der Waals surface area (Å²) < 4.78 is 5.50. The molecular weight excluding hydrogens is 238 g/mol. The van der Waals surface area contributed by atoms with Crippen LogP contribution in [0.15, 0.2) is 24.3 Å². The highest BCUT2D eigenvalue weighted by molar-refractivity contribution is 5.96. The highest BCUT2D eigenvalue weighted by atomic mass is 16.5. The zero-order valence-corrected chi connectivity index (χ0v) is 12.3. The molecule has 0 amide bonds. The van der Waals surface area contributed by atoms with Crippen LogP contribution >= 0.6 is 0 Å². The first-order valence-electron chi connectivity index (χ1n) is 7.19. The molecule has 1 aromatic carbocycles. The molecule has 0 fully saturated rings. The van der Waals surface area contributed by atoms with Gasteiger partial charge in [-0.2, -0.15) is 0 Å². The van der Waals surface area contributed by atoms with E-state index in [4.69, 9.17) is 4.74 Å². The van der Waals surface area contributed by atoms with E-state index in [0.29, 0.717) is 6.42 Å². The van der Waals surface area contributed by atoms with Crippen molar-refractivity contribution in [1.29, 1.82) is 0 Å². The summed E-state index contributed by atoms with van der Waals surface area (Å²) in [6, 6.07) is 7.46. The minimum atomic E-state index is 0.203. The maximum absolute atomic E-state index is 12.0. The lowest BCUT2D eigenvalue weighted by molar-refractivity contribution is 0.0966. The van der Waals surface area contributed by atoms with Crippen LogP contribution in [0.2, 0.25) is 0 Å². The van der Waals surface area contributed by atoms with Crippen molar-refractivity contribution in [3.05, 3.63) is 29.8 Å². The van der Waals surface area contributed by atoms with Crippen LogP contribution in [0.25, 0.3) is 0 Å². The third-order valence-corrected chi connectivity index (χ3v) is 3.20. The van der Waals surface area contributed by atoms with Crippen molar-refractivity contribution in [2.24, 2.45) is 0 Å². The van der Waals surface area contributed by atoms with Crippen molar-refractivity contribution < 1.29 is 9.53 Å². The molecule has 0 spiro atoms. The number of hydrogen-bond donors (Lipinski definition) is 0. The average molecular weight is 263 g/mol. The van der Waals surface area contributed by atoms with E-state index in [1.807, 2.05) is 24.3 Å². The van der Waals surface area contributed by atoms with E-state index in [1.165, 1.54) is 0 Å². The summed E-state index contributed by atoms with van der Waals surface area (Å²) >= 11 is 0. The van der Waals surface area contributed by atoms with Gasteiger partial charge >= 0.3 is 0 Å². The van der Waals surface area contributed by atoms with Crippen LogP contribution in [-0.4, -0.2) is 36.9 Å². The van der Waals surface area contributed by atoms with E-state index in [0.717, 1.165) is 44.0 Å². The first-order valence-corrected chi connectivity index (χ1v) is 7.19. The van der Waals surface area contributed by atoms with E-state index in [1.54, 1.807) is 0 Å². The third-order valence-electron chi connectivity index (χ3n) is 3.20. The topological polar surface area (TPSA) is 29.5 Å². The summed E-state index contributed by atoms with van der Waals surface area (Å²) in [6.45, 7) is 9.85. The Labute approximate surface area is 116 Å². The van der Waals surface area contributed by atoms with E-state index in [-0.39, 0.29) is 5.78 Å². The Balaban J connectivity index is 2.48. The highest BCUT2D eigenvalue weighted by Crippen LogP contribution is 2.14. The standard InChI is InChI=1S/C16H25NO2/c1-4-13-19-15-9-7-14(8-10-15)16(18)11-12-17(5-2)6-3/h7-10H,4-6,11-13H2,1-3H3. The molecule has 0 bridgehead atoms. The van der Waals surface area contributed by atoms with Gasteiger partial charge in [0, 0.05) is 18.5 Å². The van der Waals surface area contributed by atoms with Crippen LogP contribution in [0.1, 0.15) is 44.0 Å². The fourth-order valence-corrected chi connectivity index (χ4v) is 1.90. The van der Waals surface area contributed by atoms with Crippen molar-refractivity contribution in [2.45, 2.75) is 33.6 Å². The minimum absolute atomic E-state index is 0.203. The fraction of sp³-hybridized carbons (Fsp3) is 0.562. The molecule has 0 radical (unpaired) electrons. The summed E-state index contributed by atoms with van der Waals surface area (Å²) in [7, 11) is 0. The number of rotatable bonds is 9. The quantitative estimate of drug-likeness (QED) is 0.640. The summed E-state index contributed by atoms with van der Waals surface area (Å²) in [5.74, 6) is 1.04. The monoisotopic (exact) mass is 263 g/mol. The number of benzene rings is 1. The summed E-state index contributed by atoms with van der Waals surface area (Å²) in [5, 5.41) is 0. The second-order valence-electron chi connectivity index (χ2n) is 4.57. The molecule has 0 N–H and O–H groups in total. The molecule has 0 aliphatic heterocycles. The second kappa shape index (κ2) is 8.70. The second-order valence-corrected chi connectivity index (χ2v) is 4.57. The van der Waals surface area contributed by atoms with Gasteiger partial charge in [0.1, 0.15) is 5.75 Å². The zero-order valence-electron chi connectivity index (χ0n) is 12.3. The van der Waals surface area contributed by atoms with E-state index in [9.17, 15) is 4.79 Å². The highest BCUT2D eigenvalue weighted by Gasteiger charge is 2.08. The minimum Gasteiger partial charge on any atom is -0.494 e. The molecule has 0 atom stereocenters. The van der Waals surface area contributed by atoms with E-state index >= 15 is 0 Å². The lowest BCUT2D eigenvalue weighted by Gasteiger charge is -2.17. The van der Waals surface area contributed by atoms with Gasteiger partial charge in [-0.05, 0) is 43.8 Å². The number of nitrogens with zero attached hydrogens (tertiary/aromatic N) is 1. The fourth-order valence-electron chi connectivity index (χ4n) is 1.90. The van der Waals surface area contributed by atoms with Crippen LogP contribution < -0.4 is 4.74 Å². The van der Waals surface area contributed by atoms with Gasteiger partial charge in [-0.3, -0.25) is 4.79 Å². The van der Waals surface area contributed by atoms with Gasteiger partial charge in [-0.25, -0.2) is 0 Å². The number of ketones is 1. The molecule has 0 aliphatic rings. The average Bonchev–Trinajstić information content (AvgIpc) is 2.46. The van der Waals surface area contributed by atoms with Crippen LogP contribution in [0, 0.1) is 0 Å². The van der Waals surface area contributed by atoms with Crippen molar-refractivity contribution in [3.8, 4) is 5.75 Å². The Kier molecular flexibility index (Phi) is 7.19. The van der Waals surface area contributed by atoms with Crippen LogP contribution in [0.5, 0.6) is 5.75 Å². The Morgan fingerprint density at radius 1 is 1.11 bits per heavy atom. The molecule has 0 aliphatic carbocycles. The Hall–Kier alpha value is -1.35. The van der Waals surface area contributed by atoms with Crippen molar-refractivity contribution in [3.63, 3.8) is 0 Å². The summed E-state index contributed by atoms with van der Waals surface area (Å²) in [4.78, 5) is 14.3. The molecule has 0 heterocycles. The van der Waals surface area contributed by atoms with Gasteiger partial charge in [0.05, 0.1) is 6.61 Å². The Morgan fingerprint density at radius 2 is 1.74 bits per heavy atom. The Bertz CT molecular complexity index is 369. The first kappa shape index (κ1) is 15.7. The SMILES string of the molecule is CCCOc1ccc(C(=O)CCN(CC)CC)cc1. The predicted octanol–water partition coefficient (Wildman–Crippen LogP) is 3.39. The van der Waals surface area contributed by atoms with Gasteiger partial charge in [0.15, 0.2) is 5.78 Å². The van der Waals surface area contributed by atoms with Crippen LogP contribution in [0.3, 0.4) is 0 Å². The number of ether oxygens (including phenoxy) is 1. The molecule has 0 saturated carbocycles. The third kappa shape index (κ3) is 5.43. The maximum atomic E-state index is 12.0. The van der Waals surface area contributed by atoms with Gasteiger partial charge in [0.2, 0.25) is 0 Å². The summed E-state index contributed by atoms with van der Waals surface area (Å²) in [5.41, 5.74) is 0.774. The maximum Gasteiger partial charge on any atom is 0.164 e. The van der Waals surface area contributed by atoms with Gasteiger partial charge < -0.3 is 9.64 Å². The van der Waals surface area contributed by atoms with E-state index in [2.05, 4.69) is 25.7 Å². The predicted molar refractivity (Wildman–Crippen MR) is 79.0 cm³/mol. The first-order chi connectivity index (χ1) is 9.21. The normalized spacial score (nSPS) is 10.7. The molecule has 1 aromatic rings. The largest absolute Gasteiger partial charge is 0.494 e. The van der Waals surface area contributed by atoms with Crippen molar-refractivity contribution >= 4 is 5.78 Å². The molecular formula is C16H25NO2. The molecule has 19 heavy (non-hydrogen) atoms.